The second kappa shape index (κ2) is 9.03. The van der Waals surface area contributed by atoms with Crippen molar-refractivity contribution < 1.29 is 4.74 Å². The van der Waals surface area contributed by atoms with Gasteiger partial charge in [-0.1, -0.05) is 23.9 Å². The fraction of sp³-hybridized carbons (Fsp3) is 0.238. The Kier molecular flexibility index (Phi) is 6.26. The second-order valence-electron chi connectivity index (χ2n) is 6.31. The van der Waals surface area contributed by atoms with E-state index in [4.69, 9.17) is 9.72 Å². The molecule has 4 nitrogen and oxygen atoms in total. The number of aromatic nitrogens is 2. The highest BCUT2D eigenvalue weighted by Gasteiger charge is 2.11. The predicted molar refractivity (Wildman–Crippen MR) is 118 cm³/mol. The van der Waals surface area contributed by atoms with Gasteiger partial charge in [-0.2, -0.15) is 0 Å². The van der Waals surface area contributed by atoms with Gasteiger partial charge in [0.2, 0.25) is 0 Å². The molecule has 0 unspecified atom stereocenters. The van der Waals surface area contributed by atoms with Crippen LogP contribution in [0.5, 0.6) is 0 Å². The van der Waals surface area contributed by atoms with E-state index in [1.807, 2.05) is 12.3 Å². The molecule has 27 heavy (non-hydrogen) atoms. The Bertz CT molecular complexity index is 881. The molecule has 0 spiro atoms. The van der Waals surface area contributed by atoms with Crippen LogP contribution >= 0.6 is 34.4 Å². The maximum Gasteiger partial charge on any atom is 0.133 e. The summed E-state index contributed by atoms with van der Waals surface area (Å²) in [4.78, 5) is 12.7. The lowest BCUT2D eigenvalue weighted by molar-refractivity contribution is 0.122. The third-order valence-corrected chi connectivity index (χ3v) is 6.05. The molecule has 1 aliphatic heterocycles. The summed E-state index contributed by atoms with van der Waals surface area (Å²) >= 11 is 3.99. The first kappa shape index (κ1) is 18.7. The number of halogens is 1. The fourth-order valence-corrected chi connectivity index (χ4v) is 4.13. The van der Waals surface area contributed by atoms with Gasteiger partial charge >= 0.3 is 0 Å². The Morgan fingerprint density at radius 1 is 0.963 bits per heavy atom. The molecule has 4 rings (SSSR count). The highest BCUT2D eigenvalue weighted by molar-refractivity contribution is 14.1. The van der Waals surface area contributed by atoms with Crippen LogP contribution in [-0.4, -0.2) is 36.3 Å². The molecule has 0 aliphatic carbocycles. The van der Waals surface area contributed by atoms with E-state index in [1.165, 1.54) is 19.7 Å². The highest BCUT2D eigenvalue weighted by atomic mass is 127. The summed E-state index contributed by atoms with van der Waals surface area (Å²) in [5, 5.41) is 0.978. The second-order valence-corrected chi connectivity index (χ2v) is 8.65. The summed E-state index contributed by atoms with van der Waals surface area (Å²) in [6.07, 6.45) is 2.59. The van der Waals surface area contributed by atoms with Crippen molar-refractivity contribution in [2.75, 3.05) is 31.2 Å². The maximum absolute atomic E-state index is 5.42. The van der Waals surface area contributed by atoms with Gasteiger partial charge in [0.25, 0.3) is 0 Å². The lowest BCUT2D eigenvalue weighted by Crippen LogP contribution is -2.36. The number of morpholine rings is 1. The van der Waals surface area contributed by atoms with Gasteiger partial charge in [0.15, 0.2) is 0 Å². The molecule has 2 heterocycles. The number of hydrogen-bond acceptors (Lipinski definition) is 5. The molecule has 1 saturated heterocycles. The van der Waals surface area contributed by atoms with Crippen molar-refractivity contribution in [2.45, 2.75) is 16.3 Å². The van der Waals surface area contributed by atoms with E-state index in [0.29, 0.717) is 0 Å². The third kappa shape index (κ3) is 5.21. The minimum atomic E-state index is 0.741. The predicted octanol–water partition coefficient (Wildman–Crippen LogP) is 4.66. The number of hydrogen-bond donors (Lipinski definition) is 0. The molecule has 0 saturated carbocycles. The van der Waals surface area contributed by atoms with Crippen LogP contribution < -0.4 is 4.90 Å². The number of rotatable bonds is 5. The minimum absolute atomic E-state index is 0.741. The molecular formula is C21H20IN3OS. The summed E-state index contributed by atoms with van der Waals surface area (Å²) in [7, 11) is 0. The SMILES string of the molecule is Ic1ccc(Sc2ccnc(Cc3ccc(N4CCOCC4)cc3)n2)cc1. The molecule has 0 bridgehead atoms. The number of benzene rings is 2. The normalized spacial score (nSPS) is 14.3. The van der Waals surface area contributed by atoms with Crippen molar-refractivity contribution in [3.05, 3.63) is 75.8 Å². The summed E-state index contributed by atoms with van der Waals surface area (Å²) in [5.74, 6) is 0.852. The van der Waals surface area contributed by atoms with E-state index in [2.05, 4.69) is 81.0 Å². The Labute approximate surface area is 177 Å². The van der Waals surface area contributed by atoms with Gasteiger partial charge in [-0.15, -0.1) is 0 Å². The number of nitrogens with zero attached hydrogens (tertiary/aromatic N) is 3. The lowest BCUT2D eigenvalue weighted by atomic mass is 10.1. The van der Waals surface area contributed by atoms with Gasteiger partial charge in [0.1, 0.15) is 10.9 Å². The number of anilines is 1. The number of ether oxygens (including phenoxy) is 1. The van der Waals surface area contributed by atoms with Gasteiger partial charge in [0.05, 0.1) is 13.2 Å². The van der Waals surface area contributed by atoms with E-state index in [9.17, 15) is 0 Å². The van der Waals surface area contributed by atoms with Crippen LogP contribution in [0, 0.1) is 3.57 Å². The van der Waals surface area contributed by atoms with Gasteiger partial charge in [-0.3, -0.25) is 0 Å². The van der Waals surface area contributed by atoms with E-state index >= 15 is 0 Å². The van der Waals surface area contributed by atoms with Crippen LogP contribution in [0.25, 0.3) is 0 Å². The van der Waals surface area contributed by atoms with E-state index in [-0.39, 0.29) is 0 Å². The van der Waals surface area contributed by atoms with Crippen molar-refractivity contribution >= 4 is 40.0 Å². The largest absolute Gasteiger partial charge is 0.378 e. The maximum atomic E-state index is 5.42. The van der Waals surface area contributed by atoms with Gasteiger partial charge in [-0.25, -0.2) is 9.97 Å². The van der Waals surface area contributed by atoms with Gasteiger partial charge in [0, 0.05) is 39.9 Å². The molecule has 3 aromatic rings. The zero-order valence-electron chi connectivity index (χ0n) is 14.8. The Hall–Kier alpha value is -1.64. The van der Waals surface area contributed by atoms with E-state index in [1.54, 1.807) is 11.8 Å². The van der Waals surface area contributed by atoms with Gasteiger partial charge in [-0.05, 0) is 70.6 Å². The molecule has 138 valence electrons. The molecule has 0 radical (unpaired) electrons. The smallest absolute Gasteiger partial charge is 0.133 e. The van der Waals surface area contributed by atoms with Crippen molar-refractivity contribution in [3.63, 3.8) is 0 Å². The molecular weight excluding hydrogens is 469 g/mol. The first-order chi connectivity index (χ1) is 13.3. The Morgan fingerprint density at radius 3 is 2.44 bits per heavy atom. The van der Waals surface area contributed by atoms with E-state index in [0.717, 1.165) is 43.6 Å². The molecule has 0 N–H and O–H groups in total. The fourth-order valence-electron chi connectivity index (χ4n) is 2.97. The minimum Gasteiger partial charge on any atom is -0.378 e. The summed E-state index contributed by atoms with van der Waals surface area (Å²) in [6, 6.07) is 19.2. The molecule has 1 fully saturated rings. The van der Waals surface area contributed by atoms with Crippen molar-refractivity contribution in [3.8, 4) is 0 Å². The molecule has 0 atom stereocenters. The van der Waals surface area contributed by atoms with E-state index < -0.39 is 0 Å². The van der Waals surface area contributed by atoms with Gasteiger partial charge < -0.3 is 9.64 Å². The Balaban J connectivity index is 1.42. The first-order valence-electron chi connectivity index (χ1n) is 8.93. The van der Waals surface area contributed by atoms with Crippen LogP contribution in [0.3, 0.4) is 0 Å². The van der Waals surface area contributed by atoms with Crippen molar-refractivity contribution in [2.24, 2.45) is 0 Å². The summed E-state index contributed by atoms with van der Waals surface area (Å²) < 4.78 is 6.66. The molecule has 6 heteroatoms. The zero-order valence-corrected chi connectivity index (χ0v) is 17.8. The van der Waals surface area contributed by atoms with Crippen LogP contribution in [0.2, 0.25) is 0 Å². The topological polar surface area (TPSA) is 38.2 Å². The third-order valence-electron chi connectivity index (χ3n) is 4.39. The average molecular weight is 489 g/mol. The van der Waals surface area contributed by atoms with Crippen LogP contribution in [0.15, 0.2) is 70.7 Å². The van der Waals surface area contributed by atoms with Crippen molar-refractivity contribution in [1.82, 2.24) is 9.97 Å². The quantitative estimate of drug-likeness (QED) is 0.385. The average Bonchev–Trinajstić information content (AvgIpc) is 2.71. The standard InChI is InChI=1S/C21H20IN3OS/c22-17-3-7-19(8-4-17)27-21-9-10-23-20(24-21)15-16-1-5-18(6-2-16)25-11-13-26-14-12-25/h1-10H,11-15H2. The van der Waals surface area contributed by atoms with Crippen LogP contribution in [0.1, 0.15) is 11.4 Å². The van der Waals surface area contributed by atoms with Crippen LogP contribution in [-0.2, 0) is 11.2 Å². The molecule has 0 amide bonds. The molecule has 1 aromatic heterocycles. The first-order valence-corrected chi connectivity index (χ1v) is 10.8. The highest BCUT2D eigenvalue weighted by Crippen LogP contribution is 2.26. The molecule has 2 aromatic carbocycles. The molecule has 1 aliphatic rings. The zero-order chi connectivity index (χ0) is 18.5. The monoisotopic (exact) mass is 489 g/mol. The Morgan fingerprint density at radius 2 is 1.70 bits per heavy atom. The summed E-state index contributed by atoms with van der Waals surface area (Å²) in [6.45, 7) is 3.53. The van der Waals surface area contributed by atoms with Crippen molar-refractivity contribution in [1.29, 1.82) is 0 Å². The lowest BCUT2D eigenvalue weighted by Gasteiger charge is -2.28. The van der Waals surface area contributed by atoms with Crippen LogP contribution in [0.4, 0.5) is 5.69 Å². The summed E-state index contributed by atoms with van der Waals surface area (Å²) in [5.41, 5.74) is 2.48.